The molecular weight excluding hydrogens is 531 g/mol. The van der Waals surface area contributed by atoms with Gasteiger partial charge < -0.3 is 24.2 Å². The van der Waals surface area contributed by atoms with E-state index in [1.807, 2.05) is 17.5 Å². The zero-order valence-corrected chi connectivity index (χ0v) is 22.9. The lowest BCUT2D eigenvalue weighted by atomic mass is 9.75. The number of halogens is 3. The van der Waals surface area contributed by atoms with Crippen LogP contribution in [0, 0.1) is 11.8 Å². The van der Waals surface area contributed by atoms with Crippen LogP contribution in [0.15, 0.2) is 47.8 Å². The van der Waals surface area contributed by atoms with Crippen LogP contribution >= 0.6 is 11.3 Å². The van der Waals surface area contributed by atoms with E-state index in [-0.39, 0.29) is 12.0 Å². The zero-order chi connectivity index (χ0) is 28.3. The van der Waals surface area contributed by atoms with E-state index >= 15 is 0 Å². The summed E-state index contributed by atoms with van der Waals surface area (Å²) < 4.78 is 38.8. The van der Waals surface area contributed by atoms with Crippen molar-refractivity contribution in [1.82, 2.24) is 0 Å². The van der Waals surface area contributed by atoms with Gasteiger partial charge in [-0.05, 0) is 31.2 Å². The monoisotopic (exact) mass is 567 g/mol. The Hall–Kier alpha value is -2.43. The molecule has 2 aromatic rings. The van der Waals surface area contributed by atoms with Gasteiger partial charge in [0.2, 0.25) is 0 Å². The number of carbonyl (C=O) groups is 2. The third-order valence-electron chi connectivity index (χ3n) is 8.96. The van der Waals surface area contributed by atoms with Gasteiger partial charge in [0.05, 0.1) is 13.1 Å². The lowest BCUT2D eigenvalue weighted by molar-refractivity contribution is -0.972. The summed E-state index contributed by atoms with van der Waals surface area (Å²) in [6.45, 7) is 5.47. The number of rotatable bonds is 6. The van der Waals surface area contributed by atoms with E-state index in [1.54, 1.807) is 0 Å². The number of quaternary nitrogens is 1. The molecule has 3 saturated heterocycles. The van der Waals surface area contributed by atoms with E-state index in [0.717, 1.165) is 67.5 Å². The molecular formula is C29H36F3NO5S. The number of piperidine rings is 3. The van der Waals surface area contributed by atoms with E-state index in [2.05, 4.69) is 37.3 Å². The number of benzene rings is 1. The van der Waals surface area contributed by atoms with Crippen molar-refractivity contribution in [2.75, 3.05) is 19.6 Å². The molecule has 3 aliphatic heterocycles. The van der Waals surface area contributed by atoms with Crippen molar-refractivity contribution in [3.63, 3.8) is 0 Å². The number of alkyl halides is 3. The number of ether oxygens (including phenoxy) is 1. The van der Waals surface area contributed by atoms with E-state index < -0.39 is 23.7 Å². The highest BCUT2D eigenvalue weighted by molar-refractivity contribution is 7.10. The number of nitrogens with zero attached hydrogens (tertiary/aromatic N) is 1. The average Bonchev–Trinajstić information content (AvgIpc) is 3.49. The molecule has 1 aromatic heterocycles. The molecule has 1 aliphatic carbocycles. The third kappa shape index (κ3) is 6.33. The quantitative estimate of drug-likeness (QED) is 0.403. The standard InChI is InChI=1S/C27H36NO3S.C2HF3O2/c1-20(21-9-4-2-5-10-21)28-16-14-22(15-17-28)24(19-28)31-26(29)27(30,25-13-8-18-32-25)23-11-6-3-7-12-23;3-2(4,5)1(6)7/h2,4-5,8-10,13,18,20,22-24,30H,3,6-7,11-12,14-17,19H2,1H3;(H,6,7)/q+1;/p-1/t20?,22?,24-,27+,28?;/m0./s1. The number of aliphatic hydroxyl groups is 1. The van der Waals surface area contributed by atoms with Gasteiger partial charge in [0.1, 0.15) is 18.6 Å². The highest BCUT2D eigenvalue weighted by atomic mass is 32.1. The molecule has 3 atom stereocenters. The van der Waals surface area contributed by atoms with E-state index in [4.69, 9.17) is 14.6 Å². The normalized spacial score (nSPS) is 27.5. The van der Waals surface area contributed by atoms with Crippen LogP contribution in [-0.2, 0) is 19.9 Å². The third-order valence-corrected chi connectivity index (χ3v) is 9.95. The molecule has 0 spiro atoms. The molecule has 214 valence electrons. The van der Waals surface area contributed by atoms with Crippen LogP contribution in [0.2, 0.25) is 0 Å². The number of carboxylic acids is 1. The van der Waals surface area contributed by atoms with Crippen LogP contribution in [0.25, 0.3) is 0 Å². The second kappa shape index (κ2) is 12.0. The summed E-state index contributed by atoms with van der Waals surface area (Å²) in [4.78, 5) is 23.2. The minimum Gasteiger partial charge on any atom is -0.542 e. The summed E-state index contributed by atoms with van der Waals surface area (Å²) in [5.41, 5.74) is -0.147. The Labute approximate surface area is 231 Å². The summed E-state index contributed by atoms with van der Waals surface area (Å²) in [5.74, 6) is -3.04. The van der Waals surface area contributed by atoms with Crippen molar-refractivity contribution in [3.8, 4) is 0 Å². The van der Waals surface area contributed by atoms with Crippen LogP contribution in [0.5, 0.6) is 0 Å². The summed E-state index contributed by atoms with van der Waals surface area (Å²) in [7, 11) is 0. The molecule has 1 unspecified atom stereocenters. The summed E-state index contributed by atoms with van der Waals surface area (Å²) in [6, 6.07) is 15.0. The Balaban J connectivity index is 0.000000448. The lowest BCUT2D eigenvalue weighted by Crippen LogP contribution is -2.65. The molecule has 4 aliphatic rings. The van der Waals surface area contributed by atoms with Crippen molar-refractivity contribution >= 4 is 23.3 Å². The Kier molecular flexibility index (Phi) is 9.08. The molecule has 4 fully saturated rings. The van der Waals surface area contributed by atoms with Crippen molar-refractivity contribution in [2.45, 2.75) is 75.8 Å². The zero-order valence-electron chi connectivity index (χ0n) is 22.1. The number of carbonyl (C=O) groups excluding carboxylic acids is 2. The number of hydrogen-bond acceptors (Lipinski definition) is 6. The summed E-state index contributed by atoms with van der Waals surface area (Å²) in [6.07, 6.45) is 2.01. The van der Waals surface area contributed by atoms with Gasteiger partial charge in [-0.3, -0.25) is 0 Å². The maximum Gasteiger partial charge on any atom is 0.430 e. The molecule has 4 heterocycles. The minimum absolute atomic E-state index is 0.0464. The van der Waals surface area contributed by atoms with Crippen molar-refractivity contribution in [2.24, 2.45) is 11.8 Å². The number of thiophene rings is 1. The highest BCUT2D eigenvalue weighted by Crippen LogP contribution is 2.45. The number of carboxylic acid groups (broad SMARTS) is 1. The van der Waals surface area contributed by atoms with E-state index in [9.17, 15) is 23.1 Å². The molecule has 0 amide bonds. The first-order chi connectivity index (χ1) is 18.5. The number of fused-ring (bicyclic) bond motifs is 3. The minimum atomic E-state index is -5.19. The maximum atomic E-state index is 13.7. The number of hydrogen-bond donors (Lipinski definition) is 1. The Morgan fingerprint density at radius 1 is 1.03 bits per heavy atom. The first-order valence-corrected chi connectivity index (χ1v) is 14.5. The van der Waals surface area contributed by atoms with Crippen molar-refractivity contribution in [3.05, 3.63) is 58.3 Å². The molecule has 1 N–H and O–H groups in total. The van der Waals surface area contributed by atoms with Crippen LogP contribution in [0.4, 0.5) is 13.2 Å². The first-order valence-electron chi connectivity index (χ1n) is 13.6. The maximum absolute atomic E-state index is 13.7. The van der Waals surface area contributed by atoms with Gasteiger partial charge in [-0.2, -0.15) is 13.2 Å². The second-order valence-electron chi connectivity index (χ2n) is 11.1. The van der Waals surface area contributed by atoms with Gasteiger partial charge in [-0.15, -0.1) is 11.3 Å². The fourth-order valence-electron chi connectivity index (χ4n) is 6.60. The van der Waals surface area contributed by atoms with Gasteiger partial charge >= 0.3 is 12.1 Å². The van der Waals surface area contributed by atoms with Gasteiger partial charge in [-0.25, -0.2) is 4.79 Å². The first kappa shape index (κ1) is 29.6. The molecule has 10 heteroatoms. The van der Waals surface area contributed by atoms with Crippen LogP contribution in [0.3, 0.4) is 0 Å². The molecule has 2 bridgehead atoms. The van der Waals surface area contributed by atoms with Gasteiger partial charge in [0.15, 0.2) is 11.7 Å². The Morgan fingerprint density at radius 3 is 2.18 bits per heavy atom. The van der Waals surface area contributed by atoms with Crippen LogP contribution < -0.4 is 5.11 Å². The lowest BCUT2D eigenvalue weighted by Gasteiger charge is -2.55. The number of aliphatic carboxylic acids is 1. The van der Waals surface area contributed by atoms with Crippen molar-refractivity contribution in [1.29, 1.82) is 0 Å². The Bertz CT molecular complexity index is 1100. The molecule has 1 saturated carbocycles. The molecule has 6 nitrogen and oxygen atoms in total. The molecule has 39 heavy (non-hydrogen) atoms. The van der Waals surface area contributed by atoms with E-state index in [0.29, 0.717) is 12.0 Å². The SMILES string of the molecule is CC(c1ccccc1)[N+]12CCC(CC1)[C@@H](OC(=O)[C@](O)(c1cccs1)C1CCCCC1)C2.O=C([O-])C(F)(F)F. The molecule has 1 aromatic carbocycles. The fourth-order valence-corrected chi connectivity index (χ4v) is 7.49. The fraction of sp³-hybridized carbons (Fsp3) is 0.586. The van der Waals surface area contributed by atoms with Gasteiger partial charge in [0, 0.05) is 35.1 Å². The predicted molar refractivity (Wildman–Crippen MR) is 138 cm³/mol. The summed E-state index contributed by atoms with van der Waals surface area (Å²) >= 11 is 1.48. The molecule has 6 rings (SSSR count). The number of esters is 1. The van der Waals surface area contributed by atoms with E-state index in [1.165, 1.54) is 23.3 Å². The van der Waals surface area contributed by atoms with Gasteiger partial charge in [0.25, 0.3) is 0 Å². The Morgan fingerprint density at radius 2 is 1.64 bits per heavy atom. The van der Waals surface area contributed by atoms with Crippen molar-refractivity contribution < 1.29 is 42.2 Å². The highest BCUT2D eigenvalue weighted by Gasteiger charge is 2.54. The van der Waals surface area contributed by atoms with Crippen LogP contribution in [0.1, 0.15) is 68.4 Å². The summed E-state index contributed by atoms with van der Waals surface area (Å²) in [5, 5.41) is 22.6. The smallest absolute Gasteiger partial charge is 0.430 e. The average molecular weight is 568 g/mol. The van der Waals surface area contributed by atoms with Crippen LogP contribution in [-0.4, -0.2) is 53.4 Å². The predicted octanol–water partition coefficient (Wildman–Crippen LogP) is 4.73. The largest absolute Gasteiger partial charge is 0.542 e. The van der Waals surface area contributed by atoms with Gasteiger partial charge in [-0.1, -0.05) is 55.7 Å². The molecule has 0 radical (unpaired) electrons. The topological polar surface area (TPSA) is 86.7 Å². The second-order valence-corrected chi connectivity index (χ2v) is 12.0.